The van der Waals surface area contributed by atoms with Gasteiger partial charge in [-0.15, -0.1) is 12.4 Å². The van der Waals surface area contributed by atoms with Crippen LogP contribution in [0.15, 0.2) is 78.5 Å². The third kappa shape index (κ3) is 5.88. The predicted octanol–water partition coefficient (Wildman–Crippen LogP) is 7.22. The zero-order valence-electron chi connectivity index (χ0n) is 21.1. The average molecular weight is 507 g/mol. The summed E-state index contributed by atoms with van der Waals surface area (Å²) in [7, 11) is 0. The van der Waals surface area contributed by atoms with E-state index in [2.05, 4.69) is 91.5 Å². The molecule has 190 valence electrons. The number of hydrogen-bond donors (Lipinski definition) is 2. The van der Waals surface area contributed by atoms with Gasteiger partial charge in [-0.05, 0) is 61.3 Å². The van der Waals surface area contributed by atoms with E-state index in [1.54, 1.807) is 0 Å². The fraction of sp³-hybridized carbons (Fsp3) is 0.300. The Morgan fingerprint density at radius 3 is 2.53 bits per heavy atom. The van der Waals surface area contributed by atoms with Crippen LogP contribution in [0.2, 0.25) is 0 Å². The fourth-order valence-electron chi connectivity index (χ4n) is 4.95. The molecule has 1 aromatic heterocycles. The van der Waals surface area contributed by atoms with Gasteiger partial charge in [0.05, 0.1) is 5.52 Å². The first kappa shape index (κ1) is 27.6. The van der Waals surface area contributed by atoms with E-state index in [0.717, 1.165) is 30.5 Å². The van der Waals surface area contributed by atoms with Gasteiger partial charge in [0.1, 0.15) is 5.76 Å². The molecule has 6 rings (SSSR count). The molecule has 0 saturated heterocycles. The maximum atomic E-state index is 6.50. The molecule has 36 heavy (non-hydrogen) atoms. The summed E-state index contributed by atoms with van der Waals surface area (Å²) in [6.07, 6.45) is 5.23. The fourth-order valence-corrected chi connectivity index (χ4v) is 4.95. The van der Waals surface area contributed by atoms with E-state index in [-0.39, 0.29) is 18.7 Å². The third-order valence-corrected chi connectivity index (χ3v) is 6.59. The molecule has 0 bridgehead atoms. The van der Waals surface area contributed by atoms with Crippen molar-refractivity contribution in [2.24, 2.45) is 11.8 Å². The lowest BCUT2D eigenvalue weighted by atomic mass is 9.84. The zero-order valence-corrected chi connectivity index (χ0v) is 21.9. The van der Waals surface area contributed by atoms with E-state index < -0.39 is 0 Å². The SMILES string of the molecule is CCOC1OC2=C(CCc3ccccc32)CC1C.Cc1cnc2c(ccc3ccccc32)c1.Cl.NO. The topological polar surface area (TPSA) is 77.6 Å². The van der Waals surface area contributed by atoms with Crippen LogP contribution in [-0.2, 0) is 15.9 Å². The predicted molar refractivity (Wildman–Crippen MR) is 149 cm³/mol. The summed E-state index contributed by atoms with van der Waals surface area (Å²) in [5.41, 5.74) is 6.45. The minimum Gasteiger partial charge on any atom is -0.464 e. The number of ether oxygens (including phenoxy) is 2. The summed E-state index contributed by atoms with van der Waals surface area (Å²) < 4.78 is 11.8. The minimum atomic E-state index is -0.0834. The van der Waals surface area contributed by atoms with Gasteiger partial charge in [-0.25, -0.2) is 5.90 Å². The number of rotatable bonds is 2. The number of benzene rings is 3. The summed E-state index contributed by atoms with van der Waals surface area (Å²) in [5, 5.41) is 10.2. The number of halogens is 1. The Bertz CT molecular complexity index is 1340. The molecule has 0 radical (unpaired) electrons. The number of allylic oxidation sites excluding steroid dienone is 1. The van der Waals surface area contributed by atoms with Crippen LogP contribution in [0.5, 0.6) is 0 Å². The van der Waals surface area contributed by atoms with Crippen molar-refractivity contribution in [1.29, 1.82) is 0 Å². The third-order valence-electron chi connectivity index (χ3n) is 6.59. The van der Waals surface area contributed by atoms with Gasteiger partial charge in [-0.2, -0.15) is 0 Å². The van der Waals surface area contributed by atoms with Crippen molar-refractivity contribution in [3.63, 3.8) is 0 Å². The van der Waals surface area contributed by atoms with Gasteiger partial charge in [0, 0.05) is 35.1 Å². The number of pyridine rings is 1. The van der Waals surface area contributed by atoms with E-state index >= 15 is 0 Å². The van der Waals surface area contributed by atoms with Crippen LogP contribution >= 0.6 is 12.4 Å². The van der Waals surface area contributed by atoms with Gasteiger partial charge in [0.25, 0.3) is 0 Å². The van der Waals surface area contributed by atoms with Gasteiger partial charge in [-0.3, -0.25) is 4.98 Å². The van der Waals surface area contributed by atoms with Crippen LogP contribution in [0.3, 0.4) is 0 Å². The van der Waals surface area contributed by atoms with Crippen LogP contribution in [0.25, 0.3) is 27.4 Å². The molecular formula is C30H35ClN2O3. The number of aryl methyl sites for hydroxylation is 2. The smallest absolute Gasteiger partial charge is 0.202 e. The Morgan fingerprint density at radius 2 is 1.72 bits per heavy atom. The number of aromatic nitrogens is 1. The molecule has 2 aliphatic rings. The summed E-state index contributed by atoms with van der Waals surface area (Å²) in [4.78, 5) is 4.51. The quantitative estimate of drug-likeness (QED) is 0.222. The standard InChI is InChI=1S/C16H20O2.C14H11N.ClH.H3NO/c1-3-17-16-11(2)10-13-9-8-12-6-4-5-7-14(12)15(13)18-16;1-10-8-12-7-6-11-4-2-3-5-13(11)14(12)15-9-10;;1-2/h4-7,11,16H,3,8-10H2,1-2H3;2-9H,1H3;1H;2H,1H2. The highest BCUT2D eigenvalue weighted by Gasteiger charge is 2.32. The van der Waals surface area contributed by atoms with E-state index in [4.69, 9.17) is 14.7 Å². The van der Waals surface area contributed by atoms with E-state index in [0.29, 0.717) is 12.5 Å². The molecule has 4 aromatic rings. The number of fused-ring (bicyclic) bond motifs is 5. The second-order valence-corrected chi connectivity index (χ2v) is 9.08. The largest absolute Gasteiger partial charge is 0.464 e. The molecule has 3 aromatic carbocycles. The summed E-state index contributed by atoms with van der Waals surface area (Å²) in [6.45, 7) is 7.01. The highest BCUT2D eigenvalue weighted by atomic mass is 35.5. The van der Waals surface area contributed by atoms with Crippen molar-refractivity contribution >= 4 is 39.8 Å². The Hall–Kier alpha value is -2.96. The molecule has 0 amide bonds. The van der Waals surface area contributed by atoms with Gasteiger partial charge >= 0.3 is 0 Å². The van der Waals surface area contributed by atoms with Crippen molar-refractivity contribution in [3.05, 3.63) is 95.2 Å². The van der Waals surface area contributed by atoms with Crippen molar-refractivity contribution in [1.82, 2.24) is 4.98 Å². The van der Waals surface area contributed by atoms with Crippen molar-refractivity contribution in [2.45, 2.75) is 46.3 Å². The van der Waals surface area contributed by atoms with Crippen LogP contribution in [-0.4, -0.2) is 23.1 Å². The Balaban J connectivity index is 0.000000185. The maximum Gasteiger partial charge on any atom is 0.202 e. The van der Waals surface area contributed by atoms with E-state index in [9.17, 15) is 0 Å². The molecule has 2 heterocycles. The molecule has 0 spiro atoms. The second kappa shape index (κ2) is 12.8. The second-order valence-electron chi connectivity index (χ2n) is 9.08. The molecule has 5 nitrogen and oxygen atoms in total. The van der Waals surface area contributed by atoms with Crippen LogP contribution in [0.4, 0.5) is 0 Å². The van der Waals surface area contributed by atoms with Gasteiger partial charge in [0.2, 0.25) is 6.29 Å². The monoisotopic (exact) mass is 506 g/mol. The molecular weight excluding hydrogens is 472 g/mol. The van der Waals surface area contributed by atoms with E-state index in [1.807, 2.05) is 13.1 Å². The minimum absolute atomic E-state index is 0. The molecule has 1 aliphatic heterocycles. The van der Waals surface area contributed by atoms with Crippen molar-refractivity contribution in [2.75, 3.05) is 6.61 Å². The first-order chi connectivity index (χ1) is 17.1. The molecule has 2 unspecified atom stereocenters. The van der Waals surface area contributed by atoms with Crippen molar-refractivity contribution < 1.29 is 14.7 Å². The molecule has 0 saturated carbocycles. The molecule has 1 aliphatic carbocycles. The number of nitrogens with zero attached hydrogens (tertiary/aromatic N) is 1. The highest BCUT2D eigenvalue weighted by Crippen LogP contribution is 2.41. The lowest BCUT2D eigenvalue weighted by Gasteiger charge is -2.35. The number of nitrogens with two attached hydrogens (primary N) is 1. The highest BCUT2D eigenvalue weighted by molar-refractivity contribution is 6.05. The summed E-state index contributed by atoms with van der Waals surface area (Å²) >= 11 is 0. The van der Waals surface area contributed by atoms with Crippen LogP contribution in [0, 0.1) is 12.8 Å². The van der Waals surface area contributed by atoms with Gasteiger partial charge in [0.15, 0.2) is 0 Å². The first-order valence-electron chi connectivity index (χ1n) is 12.2. The molecule has 2 atom stereocenters. The molecule has 0 fully saturated rings. The Labute approximate surface area is 219 Å². The lowest BCUT2D eigenvalue weighted by Crippen LogP contribution is -2.30. The Kier molecular flexibility index (Phi) is 9.85. The number of hydrogen-bond acceptors (Lipinski definition) is 5. The van der Waals surface area contributed by atoms with Gasteiger partial charge < -0.3 is 14.7 Å². The molecule has 6 heteroatoms. The summed E-state index contributed by atoms with van der Waals surface area (Å²) in [5.74, 6) is 5.04. The lowest BCUT2D eigenvalue weighted by molar-refractivity contribution is -0.131. The normalized spacial score (nSPS) is 17.9. The summed E-state index contributed by atoms with van der Waals surface area (Å²) in [6, 6.07) is 23.4. The van der Waals surface area contributed by atoms with Crippen LogP contribution < -0.4 is 5.90 Å². The van der Waals surface area contributed by atoms with Gasteiger partial charge in [-0.1, -0.05) is 67.6 Å². The maximum absolute atomic E-state index is 6.50. The Morgan fingerprint density at radius 1 is 1.00 bits per heavy atom. The molecule has 3 N–H and O–H groups in total. The van der Waals surface area contributed by atoms with Crippen molar-refractivity contribution in [3.8, 4) is 0 Å². The van der Waals surface area contributed by atoms with E-state index in [1.165, 1.54) is 38.4 Å². The van der Waals surface area contributed by atoms with Crippen LogP contribution in [0.1, 0.15) is 43.4 Å². The average Bonchev–Trinajstić information content (AvgIpc) is 2.90. The zero-order chi connectivity index (χ0) is 24.8. The first-order valence-corrected chi connectivity index (χ1v) is 12.2.